The first-order valence-electron chi connectivity index (χ1n) is 4.67. The Morgan fingerprint density at radius 3 is 3.06 bits per heavy atom. The molecule has 0 aliphatic carbocycles. The summed E-state index contributed by atoms with van der Waals surface area (Å²) in [5.41, 5.74) is 1.99. The van der Waals surface area contributed by atoms with Gasteiger partial charge in [-0.3, -0.25) is 19.6 Å². The number of hydrogen-bond donors (Lipinski definition) is 2. The zero-order valence-electron chi connectivity index (χ0n) is 8.30. The molecule has 0 spiro atoms. The first-order valence-corrected chi connectivity index (χ1v) is 4.67. The molecule has 16 heavy (non-hydrogen) atoms. The van der Waals surface area contributed by atoms with Crippen molar-refractivity contribution in [2.24, 2.45) is 9.98 Å². The average Bonchev–Trinajstić information content (AvgIpc) is 2.72. The molecule has 0 fully saturated rings. The number of hydrogen-bond acceptors (Lipinski definition) is 4. The summed E-state index contributed by atoms with van der Waals surface area (Å²) < 4.78 is 0. The lowest BCUT2D eigenvalue weighted by molar-refractivity contribution is -0.137. The van der Waals surface area contributed by atoms with Gasteiger partial charge in [0.15, 0.2) is 0 Å². The first-order chi connectivity index (χ1) is 7.66. The Hall–Kier alpha value is -2.24. The minimum absolute atomic E-state index is 0.307. The molecule has 0 saturated heterocycles. The molecule has 0 atom stereocenters. The van der Waals surface area contributed by atoms with Gasteiger partial charge in [-0.2, -0.15) is 0 Å². The van der Waals surface area contributed by atoms with E-state index in [1.807, 2.05) is 6.08 Å². The Bertz CT molecular complexity index is 472. The molecule has 1 amide bonds. The molecule has 2 aliphatic rings. The van der Waals surface area contributed by atoms with Crippen LogP contribution in [0.4, 0.5) is 0 Å². The van der Waals surface area contributed by atoms with Gasteiger partial charge in [0.25, 0.3) is 5.91 Å². The van der Waals surface area contributed by atoms with Gasteiger partial charge in [-0.15, -0.1) is 0 Å². The number of carbonyl (C=O) groups is 2. The second kappa shape index (κ2) is 4.09. The van der Waals surface area contributed by atoms with Crippen molar-refractivity contribution in [1.82, 2.24) is 5.32 Å². The van der Waals surface area contributed by atoms with Gasteiger partial charge in [-0.25, -0.2) is 0 Å². The smallest absolute Gasteiger partial charge is 0.322 e. The number of rotatable bonds is 3. The van der Waals surface area contributed by atoms with E-state index >= 15 is 0 Å². The number of aliphatic carboxylic acids is 1. The number of amides is 1. The van der Waals surface area contributed by atoms with E-state index in [4.69, 9.17) is 5.11 Å². The van der Waals surface area contributed by atoms with Gasteiger partial charge in [0.1, 0.15) is 12.3 Å². The summed E-state index contributed by atoms with van der Waals surface area (Å²) in [7, 11) is 0. The maximum absolute atomic E-state index is 11.5. The topological polar surface area (TPSA) is 91.1 Å². The largest absolute Gasteiger partial charge is 0.480 e. The Morgan fingerprint density at radius 1 is 1.50 bits per heavy atom. The van der Waals surface area contributed by atoms with Crippen molar-refractivity contribution in [3.8, 4) is 0 Å². The van der Waals surface area contributed by atoms with E-state index in [2.05, 4.69) is 15.3 Å². The molecule has 0 aromatic rings. The first kappa shape index (κ1) is 10.3. The molecular weight excluding hydrogens is 210 g/mol. The SMILES string of the molecule is O=C(O)CNC(=O)C1=NC=C2N=CC=C2C1. The second-order valence-corrected chi connectivity index (χ2v) is 3.31. The normalized spacial score (nSPS) is 17.1. The van der Waals surface area contributed by atoms with Crippen LogP contribution in [-0.4, -0.2) is 35.5 Å². The van der Waals surface area contributed by atoms with Crippen molar-refractivity contribution in [1.29, 1.82) is 0 Å². The zero-order chi connectivity index (χ0) is 11.5. The number of nitrogens with zero attached hydrogens (tertiary/aromatic N) is 2. The van der Waals surface area contributed by atoms with Crippen molar-refractivity contribution in [3.05, 3.63) is 23.5 Å². The fourth-order valence-corrected chi connectivity index (χ4v) is 1.40. The maximum atomic E-state index is 11.5. The Balaban J connectivity index is 2.02. The molecule has 2 rings (SSSR count). The lowest BCUT2D eigenvalue weighted by Crippen LogP contribution is -2.35. The molecule has 6 heteroatoms. The molecule has 0 unspecified atom stereocenters. The van der Waals surface area contributed by atoms with Gasteiger partial charge in [-0.1, -0.05) is 0 Å². The van der Waals surface area contributed by atoms with Crippen LogP contribution in [0, 0.1) is 0 Å². The second-order valence-electron chi connectivity index (χ2n) is 3.31. The van der Waals surface area contributed by atoms with E-state index in [1.165, 1.54) is 6.20 Å². The number of carboxylic acid groups (broad SMARTS) is 1. The molecule has 2 N–H and O–H groups in total. The van der Waals surface area contributed by atoms with Crippen LogP contribution in [0.3, 0.4) is 0 Å². The molecular formula is C10H9N3O3. The van der Waals surface area contributed by atoms with E-state index in [9.17, 15) is 9.59 Å². The van der Waals surface area contributed by atoms with Gasteiger partial charge < -0.3 is 10.4 Å². The summed E-state index contributed by atoms with van der Waals surface area (Å²) in [5.74, 6) is -1.53. The minimum Gasteiger partial charge on any atom is -0.480 e. The van der Waals surface area contributed by atoms with E-state index in [0.29, 0.717) is 12.1 Å². The van der Waals surface area contributed by atoms with Gasteiger partial charge in [0.05, 0.1) is 11.9 Å². The summed E-state index contributed by atoms with van der Waals surface area (Å²) in [5, 5.41) is 10.7. The molecule has 0 radical (unpaired) electrons. The fourth-order valence-electron chi connectivity index (χ4n) is 1.40. The molecule has 6 nitrogen and oxygen atoms in total. The predicted octanol–water partition coefficient (Wildman–Crippen LogP) is -0.116. The Labute approximate surface area is 91.1 Å². The van der Waals surface area contributed by atoms with Gasteiger partial charge in [0, 0.05) is 12.6 Å². The van der Waals surface area contributed by atoms with Gasteiger partial charge in [0.2, 0.25) is 0 Å². The molecule has 2 heterocycles. The van der Waals surface area contributed by atoms with E-state index in [1.54, 1.807) is 6.21 Å². The third-order valence-electron chi connectivity index (χ3n) is 2.18. The highest BCUT2D eigenvalue weighted by atomic mass is 16.4. The summed E-state index contributed by atoms with van der Waals surface area (Å²) >= 11 is 0. The number of carbonyl (C=O) groups excluding carboxylic acids is 1. The highest BCUT2D eigenvalue weighted by Crippen LogP contribution is 2.23. The minimum atomic E-state index is -1.08. The predicted molar refractivity (Wildman–Crippen MR) is 57.4 cm³/mol. The number of allylic oxidation sites excluding steroid dienone is 2. The summed E-state index contributed by atoms with van der Waals surface area (Å²) in [6, 6.07) is 0. The van der Waals surface area contributed by atoms with Crippen LogP contribution in [0.2, 0.25) is 0 Å². The molecule has 0 saturated carbocycles. The number of nitrogens with one attached hydrogen (secondary N) is 1. The molecule has 2 aliphatic heterocycles. The molecule has 82 valence electrons. The number of carboxylic acids is 1. The van der Waals surface area contributed by atoms with Crippen LogP contribution in [0.1, 0.15) is 6.42 Å². The zero-order valence-corrected chi connectivity index (χ0v) is 8.30. The lowest BCUT2D eigenvalue weighted by Gasteiger charge is -2.11. The quantitative estimate of drug-likeness (QED) is 0.693. The van der Waals surface area contributed by atoms with Crippen molar-refractivity contribution in [3.63, 3.8) is 0 Å². The molecule has 0 aromatic heterocycles. The number of fused-ring (bicyclic) bond motifs is 1. The number of aliphatic imine (C=N–C) groups is 2. The third kappa shape index (κ3) is 2.05. The van der Waals surface area contributed by atoms with Crippen molar-refractivity contribution in [2.75, 3.05) is 6.54 Å². The summed E-state index contributed by atoms with van der Waals surface area (Å²) in [4.78, 5) is 29.7. The highest BCUT2D eigenvalue weighted by molar-refractivity contribution is 6.40. The third-order valence-corrected chi connectivity index (χ3v) is 2.18. The van der Waals surface area contributed by atoms with Crippen molar-refractivity contribution < 1.29 is 14.7 Å². The van der Waals surface area contributed by atoms with Gasteiger partial charge >= 0.3 is 5.97 Å². The van der Waals surface area contributed by atoms with Crippen LogP contribution < -0.4 is 5.32 Å². The summed E-state index contributed by atoms with van der Waals surface area (Å²) in [6.45, 7) is -0.399. The van der Waals surface area contributed by atoms with E-state index in [-0.39, 0.29) is 0 Å². The van der Waals surface area contributed by atoms with Gasteiger partial charge in [-0.05, 0) is 11.6 Å². The fraction of sp³-hybridized carbons (Fsp3) is 0.200. The van der Waals surface area contributed by atoms with Crippen LogP contribution in [0.25, 0.3) is 0 Å². The monoisotopic (exact) mass is 219 g/mol. The summed E-state index contributed by atoms with van der Waals surface area (Å²) in [6.07, 6.45) is 5.35. The highest BCUT2D eigenvalue weighted by Gasteiger charge is 2.20. The van der Waals surface area contributed by atoms with Crippen LogP contribution in [-0.2, 0) is 9.59 Å². The molecule has 0 bridgehead atoms. The van der Waals surface area contributed by atoms with Crippen molar-refractivity contribution >= 4 is 23.8 Å². The maximum Gasteiger partial charge on any atom is 0.322 e. The lowest BCUT2D eigenvalue weighted by atomic mass is 10.0. The van der Waals surface area contributed by atoms with Crippen molar-refractivity contribution in [2.45, 2.75) is 6.42 Å². The van der Waals surface area contributed by atoms with Crippen LogP contribution in [0.15, 0.2) is 33.5 Å². The molecule has 0 aromatic carbocycles. The average molecular weight is 219 g/mol. The van der Waals surface area contributed by atoms with E-state index < -0.39 is 18.4 Å². The Morgan fingerprint density at radius 2 is 2.31 bits per heavy atom. The standard InChI is InChI=1S/C10H9N3O3/c14-9(15)5-13-10(16)7-3-6-1-2-11-8(6)4-12-7/h1-2,4H,3,5H2,(H,13,16)(H,14,15). The van der Waals surface area contributed by atoms with Crippen LogP contribution >= 0.6 is 0 Å². The van der Waals surface area contributed by atoms with Crippen LogP contribution in [0.5, 0.6) is 0 Å². The Kier molecular flexibility index (Phi) is 2.63. The van der Waals surface area contributed by atoms with E-state index in [0.717, 1.165) is 11.3 Å².